The van der Waals surface area contributed by atoms with Gasteiger partial charge in [-0.3, -0.25) is 4.79 Å². The lowest BCUT2D eigenvalue weighted by molar-refractivity contribution is 0.0593. The van der Waals surface area contributed by atoms with Gasteiger partial charge in [0.05, 0.1) is 17.6 Å². The first kappa shape index (κ1) is 17.6. The molecule has 1 heterocycles. The number of fused-ring (bicyclic) bond motifs is 1. The smallest absolute Gasteiger partial charge is 0.356 e. The van der Waals surface area contributed by atoms with Crippen LogP contribution in [0, 0.1) is 0 Å². The molecule has 0 aliphatic rings. The molecular weight excluding hydrogens is 356 g/mol. The van der Waals surface area contributed by atoms with Crippen molar-refractivity contribution in [3.05, 3.63) is 72.1 Å². The average Bonchev–Trinajstić information content (AvgIpc) is 2.66. The van der Waals surface area contributed by atoms with E-state index in [1.54, 1.807) is 36.4 Å². The van der Waals surface area contributed by atoms with Crippen LogP contribution in [-0.2, 0) is 14.8 Å². The average molecular weight is 370 g/mol. The van der Waals surface area contributed by atoms with Crippen LogP contribution in [0.4, 0.5) is 0 Å². The third-order valence-corrected chi connectivity index (χ3v) is 5.08. The maximum atomic E-state index is 12.6. The summed E-state index contributed by atoms with van der Waals surface area (Å²) in [5, 5.41) is 1.25. The number of carbonyl (C=O) groups is 2. The second kappa shape index (κ2) is 6.93. The second-order valence-corrected chi connectivity index (χ2v) is 6.99. The fourth-order valence-corrected chi connectivity index (χ4v) is 3.62. The summed E-state index contributed by atoms with van der Waals surface area (Å²) in [6.45, 7) is 0. The van der Waals surface area contributed by atoms with Crippen molar-refractivity contribution < 1.29 is 22.7 Å². The van der Waals surface area contributed by atoms with E-state index in [1.807, 2.05) is 4.72 Å². The quantitative estimate of drug-likeness (QED) is 0.706. The lowest BCUT2D eigenvalue weighted by Crippen LogP contribution is -2.30. The predicted molar refractivity (Wildman–Crippen MR) is 94.2 cm³/mol. The Morgan fingerprint density at radius 3 is 2.42 bits per heavy atom. The molecule has 132 valence electrons. The van der Waals surface area contributed by atoms with Crippen molar-refractivity contribution in [2.45, 2.75) is 4.90 Å². The van der Waals surface area contributed by atoms with Crippen molar-refractivity contribution in [3.63, 3.8) is 0 Å². The summed E-state index contributed by atoms with van der Waals surface area (Å²) in [6.07, 6.45) is 1.11. The van der Waals surface area contributed by atoms with Crippen molar-refractivity contribution in [3.8, 4) is 0 Å². The largest absolute Gasteiger partial charge is 0.464 e. The highest BCUT2D eigenvalue weighted by Gasteiger charge is 2.21. The van der Waals surface area contributed by atoms with Gasteiger partial charge in [-0.05, 0) is 23.6 Å². The van der Waals surface area contributed by atoms with Crippen LogP contribution in [-0.4, -0.2) is 32.4 Å². The standard InChI is InChI=1S/C18H14N2O5S/c1-25-18(22)15-10-9-13(11-19-15)17(21)20-26(23,24)16-8-4-6-12-5-2-3-7-14(12)16/h2-11H,1H3,(H,20,21). The minimum absolute atomic E-state index is 0.00136. The normalized spacial score (nSPS) is 11.1. The van der Waals surface area contributed by atoms with Crippen LogP contribution in [0.5, 0.6) is 0 Å². The maximum Gasteiger partial charge on any atom is 0.356 e. The monoisotopic (exact) mass is 370 g/mol. The van der Waals surface area contributed by atoms with Gasteiger partial charge < -0.3 is 4.74 Å². The molecule has 0 saturated heterocycles. The third-order valence-electron chi connectivity index (χ3n) is 3.69. The van der Waals surface area contributed by atoms with Gasteiger partial charge in [0, 0.05) is 11.6 Å². The van der Waals surface area contributed by atoms with Crippen molar-refractivity contribution in [2.75, 3.05) is 7.11 Å². The number of aromatic nitrogens is 1. The minimum atomic E-state index is -4.08. The van der Waals surface area contributed by atoms with Gasteiger partial charge in [-0.15, -0.1) is 0 Å². The lowest BCUT2D eigenvalue weighted by atomic mass is 10.1. The Hall–Kier alpha value is -3.26. The molecule has 26 heavy (non-hydrogen) atoms. The van der Waals surface area contributed by atoms with Gasteiger partial charge in [-0.1, -0.05) is 36.4 Å². The number of nitrogens with zero attached hydrogens (tertiary/aromatic N) is 1. The van der Waals surface area contributed by atoms with E-state index in [0.29, 0.717) is 5.39 Å². The van der Waals surface area contributed by atoms with Gasteiger partial charge in [0.2, 0.25) is 0 Å². The second-order valence-electron chi connectivity index (χ2n) is 5.34. The number of sulfonamides is 1. The summed E-state index contributed by atoms with van der Waals surface area (Å²) in [5.74, 6) is -1.50. The zero-order valence-corrected chi connectivity index (χ0v) is 14.5. The van der Waals surface area contributed by atoms with Crippen LogP contribution in [0.25, 0.3) is 10.8 Å². The van der Waals surface area contributed by atoms with E-state index >= 15 is 0 Å². The summed E-state index contributed by atoms with van der Waals surface area (Å²) >= 11 is 0. The summed E-state index contributed by atoms with van der Waals surface area (Å²) in [7, 11) is -2.87. The van der Waals surface area contributed by atoms with Gasteiger partial charge in [-0.2, -0.15) is 0 Å². The highest BCUT2D eigenvalue weighted by atomic mass is 32.2. The van der Waals surface area contributed by atoms with Crippen molar-refractivity contribution in [1.29, 1.82) is 0 Å². The van der Waals surface area contributed by atoms with Gasteiger partial charge in [0.25, 0.3) is 15.9 Å². The van der Waals surface area contributed by atoms with Gasteiger partial charge in [0.1, 0.15) is 5.69 Å². The molecule has 0 aliphatic carbocycles. The van der Waals surface area contributed by atoms with Gasteiger partial charge >= 0.3 is 5.97 Å². The fourth-order valence-electron chi connectivity index (χ4n) is 2.42. The SMILES string of the molecule is COC(=O)c1ccc(C(=O)NS(=O)(=O)c2cccc3ccccc23)cn1. The number of methoxy groups -OCH3 is 1. The number of amides is 1. The Morgan fingerprint density at radius 2 is 1.73 bits per heavy atom. The molecule has 1 aromatic heterocycles. The summed E-state index contributed by atoms with van der Waals surface area (Å²) in [4.78, 5) is 27.4. The summed E-state index contributed by atoms with van der Waals surface area (Å²) < 4.78 is 31.8. The zero-order valence-electron chi connectivity index (χ0n) is 13.7. The van der Waals surface area contributed by atoms with Gasteiger partial charge in [-0.25, -0.2) is 22.9 Å². The first-order chi connectivity index (χ1) is 12.4. The van der Waals surface area contributed by atoms with Crippen LogP contribution >= 0.6 is 0 Å². The molecule has 0 fully saturated rings. The van der Waals surface area contributed by atoms with Crippen LogP contribution in [0.15, 0.2) is 65.7 Å². The van der Waals surface area contributed by atoms with Crippen LogP contribution in [0.2, 0.25) is 0 Å². The van der Waals surface area contributed by atoms with Crippen molar-refractivity contribution >= 4 is 32.7 Å². The van der Waals surface area contributed by atoms with E-state index in [0.717, 1.165) is 11.6 Å². The Morgan fingerprint density at radius 1 is 1.00 bits per heavy atom. The van der Waals surface area contributed by atoms with E-state index in [1.165, 1.54) is 25.3 Å². The number of benzene rings is 2. The Labute approximate surface area is 149 Å². The van der Waals surface area contributed by atoms with E-state index in [-0.39, 0.29) is 16.2 Å². The molecule has 0 spiro atoms. The number of carbonyl (C=O) groups excluding carboxylic acids is 2. The number of ether oxygens (including phenoxy) is 1. The molecule has 2 aromatic carbocycles. The van der Waals surface area contributed by atoms with Crippen LogP contribution in [0.1, 0.15) is 20.8 Å². The van der Waals surface area contributed by atoms with Crippen molar-refractivity contribution in [1.82, 2.24) is 9.71 Å². The third kappa shape index (κ3) is 3.40. The molecular formula is C18H14N2O5S. The van der Waals surface area contributed by atoms with E-state index in [9.17, 15) is 18.0 Å². The number of hydrogen-bond donors (Lipinski definition) is 1. The molecule has 0 atom stereocenters. The topological polar surface area (TPSA) is 102 Å². The maximum absolute atomic E-state index is 12.6. The Bertz CT molecular complexity index is 1090. The summed E-state index contributed by atoms with van der Waals surface area (Å²) in [6, 6.07) is 14.4. The first-order valence-electron chi connectivity index (χ1n) is 7.51. The molecule has 0 bridgehead atoms. The van der Waals surface area contributed by atoms with E-state index in [4.69, 9.17) is 0 Å². The Kier molecular flexibility index (Phi) is 4.68. The number of esters is 1. The van der Waals surface area contributed by atoms with E-state index in [2.05, 4.69) is 9.72 Å². The van der Waals surface area contributed by atoms with Crippen molar-refractivity contribution in [2.24, 2.45) is 0 Å². The van der Waals surface area contributed by atoms with Gasteiger partial charge in [0.15, 0.2) is 0 Å². The number of hydrogen-bond acceptors (Lipinski definition) is 6. The molecule has 1 amide bonds. The highest BCUT2D eigenvalue weighted by molar-refractivity contribution is 7.90. The van der Waals surface area contributed by atoms with E-state index < -0.39 is 21.9 Å². The molecule has 0 radical (unpaired) electrons. The lowest BCUT2D eigenvalue weighted by Gasteiger charge is -2.09. The summed E-state index contributed by atoms with van der Waals surface area (Å²) in [5.41, 5.74) is 0.0161. The fraction of sp³-hybridized carbons (Fsp3) is 0.0556. The highest BCUT2D eigenvalue weighted by Crippen LogP contribution is 2.22. The number of pyridine rings is 1. The zero-order chi connectivity index (χ0) is 18.7. The molecule has 3 rings (SSSR count). The number of nitrogens with one attached hydrogen (secondary N) is 1. The Balaban J connectivity index is 1.89. The van der Waals surface area contributed by atoms with Crippen LogP contribution in [0.3, 0.4) is 0 Å². The molecule has 0 unspecified atom stereocenters. The minimum Gasteiger partial charge on any atom is -0.464 e. The predicted octanol–water partition coefficient (Wildman–Crippen LogP) is 2.14. The number of rotatable bonds is 4. The molecule has 8 heteroatoms. The van der Waals surface area contributed by atoms with Crippen LogP contribution < -0.4 is 4.72 Å². The molecule has 0 saturated carbocycles. The molecule has 1 N–H and O–H groups in total. The first-order valence-corrected chi connectivity index (χ1v) is 9.00. The molecule has 3 aromatic rings. The molecule has 0 aliphatic heterocycles. The molecule has 7 nitrogen and oxygen atoms in total.